The van der Waals surface area contributed by atoms with Crippen LogP contribution in [0.4, 0.5) is 4.39 Å². The molecule has 0 saturated heterocycles. The zero-order valence-corrected chi connectivity index (χ0v) is 11.8. The molecule has 1 N–H and O–H groups in total. The SMILES string of the molecule is COc1ccc(C(=O)NC[C@@H](OC)c2ccco2)cc1F. The number of amides is 1. The number of hydrogen-bond acceptors (Lipinski definition) is 4. The average Bonchev–Trinajstić information content (AvgIpc) is 3.01. The number of hydrogen-bond donors (Lipinski definition) is 1. The van der Waals surface area contributed by atoms with Gasteiger partial charge in [0.25, 0.3) is 5.91 Å². The molecule has 112 valence electrons. The summed E-state index contributed by atoms with van der Waals surface area (Å²) in [5.74, 6) is -0.278. The van der Waals surface area contributed by atoms with Crippen molar-refractivity contribution in [3.63, 3.8) is 0 Å². The molecular formula is C15H16FNO4. The maximum Gasteiger partial charge on any atom is 0.251 e. The molecule has 1 aromatic carbocycles. The molecule has 0 radical (unpaired) electrons. The molecule has 0 aliphatic heterocycles. The first-order valence-electron chi connectivity index (χ1n) is 6.33. The lowest BCUT2D eigenvalue weighted by molar-refractivity contribution is 0.0738. The van der Waals surface area contributed by atoms with Crippen LogP contribution in [-0.4, -0.2) is 26.7 Å². The standard InChI is InChI=1S/C15H16FNO4/c1-19-12-6-5-10(8-11(12)16)15(18)17-9-14(20-2)13-4-3-7-21-13/h3-8,14H,9H2,1-2H3,(H,17,18)/t14-/m1/s1. The molecule has 0 spiro atoms. The van der Waals surface area contributed by atoms with Crippen LogP contribution in [0.1, 0.15) is 22.2 Å². The fraction of sp³-hybridized carbons (Fsp3) is 0.267. The summed E-state index contributed by atoms with van der Waals surface area (Å²) in [7, 11) is 2.89. The topological polar surface area (TPSA) is 60.7 Å². The number of methoxy groups -OCH3 is 2. The number of ether oxygens (including phenoxy) is 2. The molecule has 1 aromatic heterocycles. The lowest BCUT2D eigenvalue weighted by Gasteiger charge is -2.14. The van der Waals surface area contributed by atoms with E-state index in [9.17, 15) is 9.18 Å². The molecule has 6 heteroatoms. The molecule has 0 saturated carbocycles. The summed E-state index contributed by atoms with van der Waals surface area (Å²) in [6.07, 6.45) is 1.13. The normalized spacial score (nSPS) is 12.0. The number of rotatable bonds is 6. The minimum Gasteiger partial charge on any atom is -0.494 e. The van der Waals surface area contributed by atoms with Crippen molar-refractivity contribution in [2.24, 2.45) is 0 Å². The number of nitrogens with one attached hydrogen (secondary N) is 1. The summed E-state index contributed by atoms with van der Waals surface area (Å²) in [5.41, 5.74) is 0.211. The minimum atomic E-state index is -0.584. The number of furan rings is 1. The van der Waals surface area contributed by atoms with Gasteiger partial charge in [0, 0.05) is 12.7 Å². The van der Waals surface area contributed by atoms with Gasteiger partial charge < -0.3 is 19.2 Å². The van der Waals surface area contributed by atoms with E-state index in [2.05, 4.69) is 5.32 Å². The van der Waals surface area contributed by atoms with Crippen molar-refractivity contribution in [2.45, 2.75) is 6.10 Å². The Morgan fingerprint density at radius 3 is 2.76 bits per heavy atom. The van der Waals surface area contributed by atoms with Crippen LogP contribution >= 0.6 is 0 Å². The van der Waals surface area contributed by atoms with Crippen molar-refractivity contribution in [3.8, 4) is 5.75 Å². The van der Waals surface area contributed by atoms with E-state index in [4.69, 9.17) is 13.9 Å². The van der Waals surface area contributed by atoms with E-state index in [1.807, 2.05) is 0 Å². The number of carbonyl (C=O) groups excluding carboxylic acids is 1. The largest absolute Gasteiger partial charge is 0.494 e. The summed E-state index contributed by atoms with van der Waals surface area (Å²) in [6.45, 7) is 0.219. The highest BCUT2D eigenvalue weighted by Gasteiger charge is 2.16. The fourth-order valence-corrected chi connectivity index (χ4v) is 1.87. The first-order chi connectivity index (χ1) is 10.2. The highest BCUT2D eigenvalue weighted by atomic mass is 19.1. The lowest BCUT2D eigenvalue weighted by atomic mass is 10.2. The smallest absolute Gasteiger partial charge is 0.251 e. The Labute approximate surface area is 121 Å². The second kappa shape index (κ2) is 6.90. The second-order valence-corrected chi connectivity index (χ2v) is 4.30. The van der Waals surface area contributed by atoms with Gasteiger partial charge in [-0.25, -0.2) is 4.39 Å². The Hall–Kier alpha value is -2.34. The van der Waals surface area contributed by atoms with Gasteiger partial charge in [-0.1, -0.05) is 0 Å². The molecule has 1 amide bonds. The van der Waals surface area contributed by atoms with Crippen molar-refractivity contribution in [3.05, 3.63) is 53.7 Å². The summed E-state index contributed by atoms with van der Waals surface area (Å²) in [4.78, 5) is 12.0. The van der Waals surface area contributed by atoms with Crippen LogP contribution in [0.15, 0.2) is 41.0 Å². The Bertz CT molecular complexity index is 598. The van der Waals surface area contributed by atoms with E-state index in [1.165, 1.54) is 32.6 Å². The van der Waals surface area contributed by atoms with Crippen LogP contribution in [0.2, 0.25) is 0 Å². The summed E-state index contributed by atoms with van der Waals surface area (Å²) in [5, 5.41) is 2.67. The molecular weight excluding hydrogens is 277 g/mol. The number of benzene rings is 1. The van der Waals surface area contributed by atoms with Gasteiger partial charge in [-0.2, -0.15) is 0 Å². The van der Waals surface area contributed by atoms with E-state index in [-0.39, 0.29) is 17.9 Å². The highest BCUT2D eigenvalue weighted by Crippen LogP contribution is 2.18. The minimum absolute atomic E-state index is 0.0944. The molecule has 0 fully saturated rings. The summed E-state index contributed by atoms with van der Waals surface area (Å²) in [6, 6.07) is 7.52. The predicted octanol–water partition coefficient (Wildman–Crippen LogP) is 2.54. The fourth-order valence-electron chi connectivity index (χ4n) is 1.87. The van der Waals surface area contributed by atoms with Gasteiger partial charge in [0.2, 0.25) is 0 Å². The molecule has 0 unspecified atom stereocenters. The predicted molar refractivity (Wildman–Crippen MR) is 73.7 cm³/mol. The number of halogens is 1. The third-order valence-electron chi connectivity index (χ3n) is 3.01. The van der Waals surface area contributed by atoms with E-state index < -0.39 is 17.8 Å². The van der Waals surface area contributed by atoms with E-state index in [1.54, 1.807) is 12.1 Å². The quantitative estimate of drug-likeness (QED) is 0.889. The molecule has 0 aliphatic rings. The van der Waals surface area contributed by atoms with Crippen LogP contribution in [0.5, 0.6) is 5.75 Å². The van der Waals surface area contributed by atoms with Gasteiger partial charge >= 0.3 is 0 Å². The van der Waals surface area contributed by atoms with Crippen LogP contribution in [0.25, 0.3) is 0 Å². The first kappa shape index (κ1) is 15.1. The Kier molecular flexibility index (Phi) is 4.94. The monoisotopic (exact) mass is 293 g/mol. The van der Waals surface area contributed by atoms with Gasteiger partial charge in [0.1, 0.15) is 11.9 Å². The molecule has 0 bridgehead atoms. The van der Waals surface area contributed by atoms with Gasteiger partial charge in [-0.05, 0) is 30.3 Å². The molecule has 5 nitrogen and oxygen atoms in total. The maximum atomic E-state index is 13.6. The molecule has 1 heterocycles. The van der Waals surface area contributed by atoms with Gasteiger partial charge in [-0.3, -0.25) is 4.79 Å². The summed E-state index contributed by atoms with van der Waals surface area (Å²) >= 11 is 0. The first-order valence-corrected chi connectivity index (χ1v) is 6.33. The third kappa shape index (κ3) is 3.61. The van der Waals surface area contributed by atoms with Crippen LogP contribution in [0.3, 0.4) is 0 Å². The van der Waals surface area contributed by atoms with Crippen LogP contribution < -0.4 is 10.1 Å². The van der Waals surface area contributed by atoms with Gasteiger partial charge in [-0.15, -0.1) is 0 Å². The maximum absolute atomic E-state index is 13.6. The highest BCUT2D eigenvalue weighted by molar-refractivity contribution is 5.94. The van der Waals surface area contributed by atoms with Crippen LogP contribution in [0, 0.1) is 5.82 Å². The lowest BCUT2D eigenvalue weighted by Crippen LogP contribution is -2.29. The van der Waals surface area contributed by atoms with E-state index in [0.717, 1.165) is 6.07 Å². The van der Waals surface area contributed by atoms with Crippen molar-refractivity contribution in [1.29, 1.82) is 0 Å². The molecule has 2 rings (SSSR count). The van der Waals surface area contributed by atoms with E-state index in [0.29, 0.717) is 5.76 Å². The van der Waals surface area contributed by atoms with Gasteiger partial charge in [0.05, 0.1) is 19.9 Å². The average molecular weight is 293 g/mol. The Morgan fingerprint density at radius 2 is 2.19 bits per heavy atom. The third-order valence-corrected chi connectivity index (χ3v) is 3.01. The van der Waals surface area contributed by atoms with Crippen molar-refractivity contribution in [1.82, 2.24) is 5.32 Å². The van der Waals surface area contributed by atoms with E-state index >= 15 is 0 Å². The van der Waals surface area contributed by atoms with Crippen molar-refractivity contribution < 1.29 is 23.1 Å². The zero-order valence-electron chi connectivity index (χ0n) is 11.8. The van der Waals surface area contributed by atoms with Crippen molar-refractivity contribution >= 4 is 5.91 Å². The van der Waals surface area contributed by atoms with Gasteiger partial charge in [0.15, 0.2) is 11.6 Å². The Balaban J connectivity index is 1.99. The molecule has 1 atom stereocenters. The molecule has 21 heavy (non-hydrogen) atoms. The van der Waals surface area contributed by atoms with Crippen LogP contribution in [-0.2, 0) is 4.74 Å². The van der Waals surface area contributed by atoms with Crippen molar-refractivity contribution in [2.75, 3.05) is 20.8 Å². The molecule has 2 aromatic rings. The zero-order chi connectivity index (χ0) is 15.2. The summed E-state index contributed by atoms with van der Waals surface area (Å²) < 4.78 is 28.8. The Morgan fingerprint density at radius 1 is 1.38 bits per heavy atom. The number of carbonyl (C=O) groups is 1. The molecule has 0 aliphatic carbocycles. The second-order valence-electron chi connectivity index (χ2n) is 4.30.